The lowest BCUT2D eigenvalue weighted by Gasteiger charge is -2.31. The summed E-state index contributed by atoms with van der Waals surface area (Å²) in [5, 5.41) is 0. The SMILES string of the molecule is CC(=O)N1CCOc2cc(S(=O)(=O)N3CCCC(C)C3)ccc21. The monoisotopic (exact) mass is 338 g/mol. The van der Waals surface area contributed by atoms with E-state index >= 15 is 0 Å². The number of benzene rings is 1. The van der Waals surface area contributed by atoms with Crippen molar-refractivity contribution in [1.82, 2.24) is 4.31 Å². The van der Waals surface area contributed by atoms with Gasteiger partial charge in [-0.1, -0.05) is 6.92 Å². The first-order chi connectivity index (χ1) is 10.9. The number of sulfonamides is 1. The number of hydrogen-bond donors (Lipinski definition) is 0. The minimum atomic E-state index is -3.52. The van der Waals surface area contributed by atoms with Gasteiger partial charge in [0, 0.05) is 26.1 Å². The van der Waals surface area contributed by atoms with E-state index < -0.39 is 10.0 Å². The van der Waals surface area contributed by atoms with E-state index in [4.69, 9.17) is 4.74 Å². The molecule has 0 aromatic heterocycles. The Kier molecular flexibility index (Phi) is 4.33. The van der Waals surface area contributed by atoms with E-state index in [1.165, 1.54) is 6.92 Å². The Hall–Kier alpha value is -1.60. The zero-order valence-corrected chi connectivity index (χ0v) is 14.3. The first kappa shape index (κ1) is 16.3. The summed E-state index contributed by atoms with van der Waals surface area (Å²) in [6, 6.07) is 4.77. The van der Waals surface area contributed by atoms with Crippen molar-refractivity contribution in [1.29, 1.82) is 0 Å². The number of hydrogen-bond acceptors (Lipinski definition) is 4. The fourth-order valence-electron chi connectivity index (χ4n) is 3.20. The van der Waals surface area contributed by atoms with Crippen LogP contribution in [0.1, 0.15) is 26.7 Å². The molecule has 2 aliphatic rings. The van der Waals surface area contributed by atoms with Crippen molar-refractivity contribution in [3.8, 4) is 5.75 Å². The van der Waals surface area contributed by atoms with Crippen LogP contribution in [0.2, 0.25) is 0 Å². The number of carbonyl (C=O) groups is 1. The van der Waals surface area contributed by atoms with Crippen molar-refractivity contribution in [3.05, 3.63) is 18.2 Å². The summed E-state index contributed by atoms with van der Waals surface area (Å²) in [5.74, 6) is 0.758. The summed E-state index contributed by atoms with van der Waals surface area (Å²) in [7, 11) is -3.52. The Morgan fingerprint density at radius 2 is 2.09 bits per heavy atom. The van der Waals surface area contributed by atoms with Crippen LogP contribution in [0.3, 0.4) is 0 Å². The number of nitrogens with zero attached hydrogens (tertiary/aromatic N) is 2. The second-order valence-corrected chi connectivity index (χ2v) is 8.20. The van der Waals surface area contributed by atoms with Crippen LogP contribution in [0.25, 0.3) is 0 Å². The van der Waals surface area contributed by atoms with Crippen LogP contribution in [0.5, 0.6) is 5.75 Å². The average Bonchev–Trinajstić information content (AvgIpc) is 2.53. The molecule has 0 saturated carbocycles. The normalized spacial score (nSPS) is 22.3. The van der Waals surface area contributed by atoms with Crippen molar-refractivity contribution in [3.63, 3.8) is 0 Å². The highest BCUT2D eigenvalue weighted by molar-refractivity contribution is 7.89. The molecule has 1 amide bonds. The molecule has 3 rings (SSSR count). The number of anilines is 1. The molecule has 0 N–H and O–H groups in total. The van der Waals surface area contributed by atoms with E-state index in [2.05, 4.69) is 6.92 Å². The maximum atomic E-state index is 12.8. The van der Waals surface area contributed by atoms with Crippen LogP contribution in [0.4, 0.5) is 5.69 Å². The van der Waals surface area contributed by atoms with E-state index in [0.29, 0.717) is 43.6 Å². The largest absolute Gasteiger partial charge is 0.489 e. The lowest BCUT2D eigenvalue weighted by molar-refractivity contribution is -0.116. The molecule has 1 atom stereocenters. The Labute approximate surface area is 137 Å². The number of carbonyl (C=O) groups excluding carboxylic acids is 1. The van der Waals surface area contributed by atoms with Crippen molar-refractivity contribution < 1.29 is 17.9 Å². The van der Waals surface area contributed by atoms with Gasteiger partial charge >= 0.3 is 0 Å². The van der Waals surface area contributed by atoms with E-state index in [-0.39, 0.29) is 10.8 Å². The van der Waals surface area contributed by atoms with Crippen LogP contribution < -0.4 is 9.64 Å². The minimum absolute atomic E-state index is 0.0741. The van der Waals surface area contributed by atoms with Gasteiger partial charge in [-0.3, -0.25) is 4.79 Å². The van der Waals surface area contributed by atoms with Crippen LogP contribution in [0, 0.1) is 5.92 Å². The van der Waals surface area contributed by atoms with Gasteiger partial charge in [-0.05, 0) is 30.9 Å². The second kappa shape index (κ2) is 6.13. The third kappa shape index (κ3) is 3.07. The molecule has 0 aliphatic carbocycles. The Morgan fingerprint density at radius 1 is 1.30 bits per heavy atom. The van der Waals surface area contributed by atoms with Gasteiger partial charge in [0.1, 0.15) is 12.4 Å². The van der Waals surface area contributed by atoms with Gasteiger partial charge < -0.3 is 9.64 Å². The maximum Gasteiger partial charge on any atom is 0.243 e. The van der Waals surface area contributed by atoms with E-state index in [0.717, 1.165) is 12.8 Å². The molecule has 7 heteroatoms. The molecule has 1 unspecified atom stereocenters. The van der Waals surface area contributed by atoms with Gasteiger partial charge in [-0.15, -0.1) is 0 Å². The molecule has 1 saturated heterocycles. The molecule has 1 aromatic carbocycles. The van der Waals surface area contributed by atoms with Crippen molar-refractivity contribution in [2.75, 3.05) is 31.1 Å². The highest BCUT2D eigenvalue weighted by Gasteiger charge is 2.30. The highest BCUT2D eigenvalue weighted by Crippen LogP contribution is 2.35. The molecule has 23 heavy (non-hydrogen) atoms. The zero-order chi connectivity index (χ0) is 16.6. The zero-order valence-electron chi connectivity index (χ0n) is 13.5. The first-order valence-electron chi connectivity index (χ1n) is 7.94. The van der Waals surface area contributed by atoms with Gasteiger partial charge in [-0.2, -0.15) is 4.31 Å². The summed E-state index contributed by atoms with van der Waals surface area (Å²) in [4.78, 5) is 13.5. The molecular formula is C16H22N2O4S. The Balaban J connectivity index is 1.93. The summed E-state index contributed by atoms with van der Waals surface area (Å²) in [6.45, 7) is 5.54. The molecule has 6 nitrogen and oxygen atoms in total. The summed E-state index contributed by atoms with van der Waals surface area (Å²) in [6.07, 6.45) is 1.95. The highest BCUT2D eigenvalue weighted by atomic mass is 32.2. The van der Waals surface area contributed by atoms with Gasteiger partial charge in [0.2, 0.25) is 15.9 Å². The topological polar surface area (TPSA) is 66.9 Å². The summed E-state index contributed by atoms with van der Waals surface area (Å²) < 4.78 is 32.8. The number of piperidine rings is 1. The maximum absolute atomic E-state index is 12.8. The number of rotatable bonds is 2. The predicted molar refractivity (Wildman–Crippen MR) is 87.1 cm³/mol. The molecule has 126 valence electrons. The lowest BCUT2D eigenvalue weighted by atomic mass is 10.0. The third-order valence-electron chi connectivity index (χ3n) is 4.43. The molecule has 2 heterocycles. The number of amides is 1. The number of ether oxygens (including phenoxy) is 1. The Morgan fingerprint density at radius 3 is 2.78 bits per heavy atom. The molecule has 1 fully saturated rings. The van der Waals surface area contributed by atoms with Crippen LogP contribution in [-0.4, -0.2) is 44.9 Å². The van der Waals surface area contributed by atoms with Crippen LogP contribution in [0.15, 0.2) is 23.1 Å². The van der Waals surface area contributed by atoms with Crippen LogP contribution in [-0.2, 0) is 14.8 Å². The van der Waals surface area contributed by atoms with Gasteiger partial charge in [0.15, 0.2) is 0 Å². The fraction of sp³-hybridized carbons (Fsp3) is 0.562. The van der Waals surface area contributed by atoms with Gasteiger partial charge in [-0.25, -0.2) is 8.42 Å². The number of fused-ring (bicyclic) bond motifs is 1. The van der Waals surface area contributed by atoms with Gasteiger partial charge in [0.25, 0.3) is 0 Å². The van der Waals surface area contributed by atoms with Crippen molar-refractivity contribution in [2.45, 2.75) is 31.6 Å². The molecule has 0 bridgehead atoms. The van der Waals surface area contributed by atoms with E-state index in [1.54, 1.807) is 27.4 Å². The lowest BCUT2D eigenvalue weighted by Crippen LogP contribution is -2.39. The van der Waals surface area contributed by atoms with Crippen LogP contribution >= 0.6 is 0 Å². The first-order valence-corrected chi connectivity index (χ1v) is 9.38. The van der Waals surface area contributed by atoms with Crippen molar-refractivity contribution in [2.24, 2.45) is 5.92 Å². The minimum Gasteiger partial charge on any atom is -0.489 e. The quantitative estimate of drug-likeness (QED) is 0.825. The summed E-state index contributed by atoms with van der Waals surface area (Å²) >= 11 is 0. The average molecular weight is 338 g/mol. The fourth-order valence-corrected chi connectivity index (χ4v) is 4.82. The predicted octanol–water partition coefficient (Wildman–Crippen LogP) is 1.85. The molecule has 0 spiro atoms. The molecule has 0 radical (unpaired) electrons. The van der Waals surface area contributed by atoms with Gasteiger partial charge in [0.05, 0.1) is 17.1 Å². The molecular weight excluding hydrogens is 316 g/mol. The summed E-state index contributed by atoms with van der Waals surface area (Å²) in [5.41, 5.74) is 0.634. The smallest absolute Gasteiger partial charge is 0.243 e. The molecule has 1 aromatic rings. The van der Waals surface area contributed by atoms with E-state index in [1.807, 2.05) is 0 Å². The molecule has 2 aliphatic heterocycles. The third-order valence-corrected chi connectivity index (χ3v) is 6.29. The second-order valence-electron chi connectivity index (χ2n) is 6.26. The van der Waals surface area contributed by atoms with E-state index in [9.17, 15) is 13.2 Å². The van der Waals surface area contributed by atoms with Crippen molar-refractivity contribution >= 4 is 21.6 Å². The Bertz CT molecular complexity index is 717. The standard InChI is InChI=1S/C16H22N2O4S/c1-12-4-3-7-17(11-12)23(20,21)14-5-6-15-16(10-14)22-9-8-18(15)13(2)19/h5-6,10,12H,3-4,7-9,11H2,1-2H3.